The molecule has 0 saturated heterocycles. The number of benzene rings is 1. The zero-order chi connectivity index (χ0) is 11.3. The van der Waals surface area contributed by atoms with E-state index in [1.165, 1.54) is 0 Å². The fourth-order valence-corrected chi connectivity index (χ4v) is 1.54. The number of aromatic hydroxyl groups is 1. The van der Waals surface area contributed by atoms with Gasteiger partial charge in [0.05, 0.1) is 6.61 Å². The van der Waals surface area contributed by atoms with Crippen LogP contribution in [-0.4, -0.2) is 34.3 Å². The minimum atomic E-state index is 0.164. The highest BCUT2D eigenvalue weighted by molar-refractivity contribution is 5.27. The van der Waals surface area contributed by atoms with Gasteiger partial charge in [0.25, 0.3) is 0 Å². The van der Waals surface area contributed by atoms with E-state index < -0.39 is 0 Å². The van der Waals surface area contributed by atoms with Crippen molar-refractivity contribution >= 4 is 0 Å². The van der Waals surface area contributed by atoms with E-state index in [-0.39, 0.29) is 6.61 Å². The second-order valence-electron chi connectivity index (χ2n) is 3.96. The highest BCUT2D eigenvalue weighted by Gasteiger charge is 2.09. The monoisotopic (exact) mass is 209 g/mol. The minimum absolute atomic E-state index is 0.164. The maximum absolute atomic E-state index is 9.33. The van der Waals surface area contributed by atoms with Crippen LogP contribution in [0.2, 0.25) is 0 Å². The summed E-state index contributed by atoms with van der Waals surface area (Å²) >= 11 is 0. The summed E-state index contributed by atoms with van der Waals surface area (Å²) in [5.41, 5.74) is 1.07. The molecule has 0 aromatic heterocycles. The summed E-state index contributed by atoms with van der Waals surface area (Å²) in [5.74, 6) is 0.292. The molecule has 0 bridgehead atoms. The third kappa shape index (κ3) is 3.90. The number of nitrogens with zero attached hydrogens (tertiary/aromatic N) is 1. The maximum atomic E-state index is 9.33. The van der Waals surface area contributed by atoms with E-state index in [0.717, 1.165) is 12.1 Å². The van der Waals surface area contributed by atoms with E-state index in [1.807, 2.05) is 12.1 Å². The third-order valence-electron chi connectivity index (χ3n) is 2.41. The Hall–Kier alpha value is -1.06. The minimum Gasteiger partial charge on any atom is -0.508 e. The van der Waals surface area contributed by atoms with Gasteiger partial charge in [0.15, 0.2) is 0 Å². The normalized spacial score (nSPS) is 11.3. The van der Waals surface area contributed by atoms with Gasteiger partial charge in [-0.1, -0.05) is 12.1 Å². The van der Waals surface area contributed by atoms with E-state index in [9.17, 15) is 5.11 Å². The van der Waals surface area contributed by atoms with Crippen LogP contribution >= 0.6 is 0 Å². The number of aliphatic hydroxyl groups excluding tert-OH is 1. The lowest BCUT2D eigenvalue weighted by atomic mass is 10.2. The Labute approximate surface area is 91.0 Å². The molecule has 1 aromatic rings. The van der Waals surface area contributed by atoms with Crippen LogP contribution in [0.5, 0.6) is 5.75 Å². The molecule has 0 atom stereocenters. The van der Waals surface area contributed by atoms with E-state index in [0.29, 0.717) is 18.3 Å². The molecule has 0 aliphatic rings. The molecule has 3 nitrogen and oxygen atoms in total. The Morgan fingerprint density at radius 1 is 1.33 bits per heavy atom. The SMILES string of the molecule is CC(C)N(CCO)Cc1cccc(O)c1. The molecule has 0 fully saturated rings. The summed E-state index contributed by atoms with van der Waals surface area (Å²) in [5, 5.41) is 18.3. The summed E-state index contributed by atoms with van der Waals surface area (Å²) in [4.78, 5) is 2.16. The van der Waals surface area contributed by atoms with Gasteiger partial charge in [0.1, 0.15) is 5.75 Å². The van der Waals surface area contributed by atoms with Crippen LogP contribution in [0.25, 0.3) is 0 Å². The van der Waals surface area contributed by atoms with Crippen molar-refractivity contribution < 1.29 is 10.2 Å². The Morgan fingerprint density at radius 2 is 2.07 bits per heavy atom. The highest BCUT2D eigenvalue weighted by Crippen LogP contribution is 2.14. The standard InChI is InChI=1S/C12H19NO2/c1-10(2)13(6-7-14)9-11-4-3-5-12(15)8-11/h3-5,8,10,14-15H,6-7,9H2,1-2H3. The van der Waals surface area contributed by atoms with Crippen LogP contribution in [-0.2, 0) is 6.54 Å². The van der Waals surface area contributed by atoms with Crippen molar-refractivity contribution in [1.82, 2.24) is 4.90 Å². The predicted octanol–water partition coefficient (Wildman–Crippen LogP) is 1.59. The first kappa shape index (κ1) is 12.0. The Bertz CT molecular complexity index is 299. The van der Waals surface area contributed by atoms with Crippen molar-refractivity contribution in [3.8, 4) is 5.75 Å². The molecule has 0 aliphatic carbocycles. The van der Waals surface area contributed by atoms with E-state index in [1.54, 1.807) is 12.1 Å². The molecule has 0 spiro atoms. The van der Waals surface area contributed by atoms with Crippen LogP contribution in [0.4, 0.5) is 0 Å². The summed E-state index contributed by atoms with van der Waals surface area (Å²) < 4.78 is 0. The lowest BCUT2D eigenvalue weighted by Crippen LogP contribution is -2.32. The van der Waals surface area contributed by atoms with Gasteiger partial charge in [-0.25, -0.2) is 0 Å². The second kappa shape index (κ2) is 5.73. The van der Waals surface area contributed by atoms with Crippen molar-refractivity contribution in [2.75, 3.05) is 13.2 Å². The molecule has 0 radical (unpaired) electrons. The topological polar surface area (TPSA) is 43.7 Å². The van der Waals surface area contributed by atoms with Crippen molar-refractivity contribution in [3.05, 3.63) is 29.8 Å². The molecule has 0 amide bonds. The van der Waals surface area contributed by atoms with Gasteiger partial charge in [-0.05, 0) is 31.5 Å². The Balaban J connectivity index is 2.65. The van der Waals surface area contributed by atoms with Crippen LogP contribution in [0.15, 0.2) is 24.3 Å². The molecule has 0 saturated carbocycles. The van der Waals surface area contributed by atoms with Gasteiger partial charge < -0.3 is 10.2 Å². The Morgan fingerprint density at radius 3 is 2.60 bits per heavy atom. The number of hydrogen-bond acceptors (Lipinski definition) is 3. The third-order valence-corrected chi connectivity index (χ3v) is 2.41. The number of phenols is 1. The molecular formula is C12H19NO2. The zero-order valence-electron chi connectivity index (χ0n) is 9.35. The van der Waals surface area contributed by atoms with Gasteiger partial charge in [-0.2, -0.15) is 0 Å². The number of aliphatic hydroxyl groups is 1. The fourth-order valence-electron chi connectivity index (χ4n) is 1.54. The molecule has 1 aromatic carbocycles. The fraction of sp³-hybridized carbons (Fsp3) is 0.500. The average molecular weight is 209 g/mol. The second-order valence-corrected chi connectivity index (χ2v) is 3.96. The number of phenolic OH excluding ortho intramolecular Hbond substituents is 1. The Kier molecular flexibility index (Phi) is 4.59. The lowest BCUT2D eigenvalue weighted by molar-refractivity contribution is 0.159. The van der Waals surface area contributed by atoms with Gasteiger partial charge in [0, 0.05) is 19.1 Å². The molecule has 15 heavy (non-hydrogen) atoms. The first-order valence-electron chi connectivity index (χ1n) is 5.26. The molecular weight excluding hydrogens is 190 g/mol. The number of hydrogen-bond donors (Lipinski definition) is 2. The molecule has 2 N–H and O–H groups in total. The van der Waals surface area contributed by atoms with Crippen molar-refractivity contribution in [3.63, 3.8) is 0 Å². The van der Waals surface area contributed by atoms with Crippen LogP contribution in [0.1, 0.15) is 19.4 Å². The van der Waals surface area contributed by atoms with Gasteiger partial charge >= 0.3 is 0 Å². The summed E-state index contributed by atoms with van der Waals surface area (Å²) in [6, 6.07) is 7.62. The van der Waals surface area contributed by atoms with Crippen LogP contribution < -0.4 is 0 Å². The lowest BCUT2D eigenvalue weighted by Gasteiger charge is -2.25. The molecule has 84 valence electrons. The first-order valence-corrected chi connectivity index (χ1v) is 5.26. The quantitative estimate of drug-likeness (QED) is 0.774. The molecule has 0 aliphatic heterocycles. The summed E-state index contributed by atoms with van der Waals surface area (Å²) in [6.45, 7) is 5.77. The van der Waals surface area contributed by atoms with Crippen molar-refractivity contribution in [2.24, 2.45) is 0 Å². The predicted molar refractivity (Wildman–Crippen MR) is 60.7 cm³/mol. The summed E-state index contributed by atoms with van der Waals surface area (Å²) in [6.07, 6.45) is 0. The smallest absolute Gasteiger partial charge is 0.115 e. The largest absolute Gasteiger partial charge is 0.508 e. The van der Waals surface area contributed by atoms with Crippen LogP contribution in [0.3, 0.4) is 0 Å². The van der Waals surface area contributed by atoms with Gasteiger partial charge in [-0.3, -0.25) is 4.90 Å². The van der Waals surface area contributed by atoms with Crippen LogP contribution in [0, 0.1) is 0 Å². The van der Waals surface area contributed by atoms with Gasteiger partial charge in [-0.15, -0.1) is 0 Å². The van der Waals surface area contributed by atoms with E-state index in [2.05, 4.69) is 18.7 Å². The summed E-state index contributed by atoms with van der Waals surface area (Å²) in [7, 11) is 0. The van der Waals surface area contributed by atoms with E-state index >= 15 is 0 Å². The zero-order valence-corrected chi connectivity index (χ0v) is 9.35. The molecule has 3 heteroatoms. The van der Waals surface area contributed by atoms with Crippen molar-refractivity contribution in [2.45, 2.75) is 26.4 Å². The molecule has 0 unspecified atom stereocenters. The number of rotatable bonds is 5. The first-order chi connectivity index (χ1) is 7.13. The van der Waals surface area contributed by atoms with Crippen molar-refractivity contribution in [1.29, 1.82) is 0 Å². The van der Waals surface area contributed by atoms with E-state index in [4.69, 9.17) is 5.11 Å². The highest BCUT2D eigenvalue weighted by atomic mass is 16.3. The molecule has 0 heterocycles. The maximum Gasteiger partial charge on any atom is 0.115 e. The molecule has 1 rings (SSSR count). The van der Waals surface area contributed by atoms with Gasteiger partial charge in [0.2, 0.25) is 0 Å². The average Bonchev–Trinajstić information content (AvgIpc) is 2.17.